The highest BCUT2D eigenvalue weighted by atomic mass is 32.2. The number of rotatable bonds is 2. The van der Waals surface area contributed by atoms with Crippen LogP contribution in [0, 0.1) is 5.41 Å². The molecule has 0 aliphatic carbocycles. The van der Waals surface area contributed by atoms with Gasteiger partial charge in [-0.1, -0.05) is 13.8 Å². The Morgan fingerprint density at radius 1 is 1.25 bits per heavy atom. The molecule has 138 valence electrons. The fraction of sp³-hybridized carbons (Fsp3) is 0.867. The van der Waals surface area contributed by atoms with E-state index in [1.54, 1.807) is 27.7 Å². The number of hydrogen-bond donors (Lipinski definition) is 0. The molecule has 24 heavy (non-hydrogen) atoms. The topological polar surface area (TPSA) is 93.2 Å². The molecule has 0 unspecified atom stereocenters. The molecule has 0 spiro atoms. The Hall–Kier alpha value is -1.35. The first-order valence-corrected chi connectivity index (χ1v) is 9.41. The molecule has 0 saturated carbocycles. The first-order valence-electron chi connectivity index (χ1n) is 8.01. The summed E-state index contributed by atoms with van der Waals surface area (Å²) in [6.45, 7) is 10.8. The average Bonchev–Trinajstić information content (AvgIpc) is 2.78. The lowest BCUT2D eigenvalue weighted by Gasteiger charge is -2.28. The van der Waals surface area contributed by atoms with Crippen LogP contribution in [-0.2, 0) is 24.5 Å². The summed E-state index contributed by atoms with van der Waals surface area (Å²) in [5.74, 6) is -0.725. The van der Waals surface area contributed by atoms with Crippen LogP contribution in [0.25, 0.3) is 0 Å². The predicted molar refractivity (Wildman–Crippen MR) is 86.3 cm³/mol. The van der Waals surface area contributed by atoms with Gasteiger partial charge >= 0.3 is 22.3 Å². The van der Waals surface area contributed by atoms with Gasteiger partial charge in [0.2, 0.25) is 0 Å². The van der Waals surface area contributed by atoms with E-state index in [2.05, 4.69) is 0 Å². The summed E-state index contributed by atoms with van der Waals surface area (Å²) in [7, 11) is -4.13. The molecule has 2 rings (SSSR count). The molecule has 0 radical (unpaired) electrons. The summed E-state index contributed by atoms with van der Waals surface area (Å²) >= 11 is 0. The third kappa shape index (κ3) is 3.37. The van der Waals surface area contributed by atoms with Crippen molar-refractivity contribution in [3.05, 3.63) is 0 Å². The highest BCUT2D eigenvalue weighted by Crippen LogP contribution is 2.44. The van der Waals surface area contributed by atoms with E-state index in [-0.39, 0.29) is 18.6 Å². The molecule has 8 nitrogen and oxygen atoms in total. The van der Waals surface area contributed by atoms with Gasteiger partial charge in [-0.3, -0.25) is 0 Å². The second-order valence-corrected chi connectivity index (χ2v) is 9.72. The van der Waals surface area contributed by atoms with Crippen LogP contribution < -0.4 is 0 Å². The number of ether oxygens (including phenoxy) is 2. The van der Waals surface area contributed by atoms with Crippen molar-refractivity contribution >= 4 is 22.3 Å². The quantitative estimate of drug-likeness (QED) is 0.691. The third-order valence-corrected chi connectivity index (χ3v) is 5.84. The zero-order chi connectivity index (χ0) is 18.5. The molecule has 0 N–H and O–H groups in total. The molecule has 1 amide bonds. The van der Waals surface area contributed by atoms with E-state index in [9.17, 15) is 18.0 Å². The van der Waals surface area contributed by atoms with Crippen molar-refractivity contribution in [2.75, 3.05) is 13.2 Å². The maximum absolute atomic E-state index is 12.9. The van der Waals surface area contributed by atoms with Crippen LogP contribution in [0.4, 0.5) is 4.79 Å². The van der Waals surface area contributed by atoms with Crippen LogP contribution in [-0.4, -0.2) is 59.9 Å². The van der Waals surface area contributed by atoms with Crippen molar-refractivity contribution < 1.29 is 27.5 Å². The maximum Gasteiger partial charge on any atom is 0.426 e. The molecule has 0 aromatic rings. The van der Waals surface area contributed by atoms with Gasteiger partial charge in [0.15, 0.2) is 6.04 Å². The van der Waals surface area contributed by atoms with Crippen molar-refractivity contribution in [3.8, 4) is 0 Å². The van der Waals surface area contributed by atoms with E-state index in [1.807, 2.05) is 13.8 Å². The molecule has 9 heteroatoms. The van der Waals surface area contributed by atoms with Gasteiger partial charge in [-0.15, -0.1) is 0 Å². The van der Waals surface area contributed by atoms with Crippen LogP contribution in [0.2, 0.25) is 0 Å². The molecule has 2 heterocycles. The van der Waals surface area contributed by atoms with Crippen LogP contribution in [0.3, 0.4) is 0 Å². The molecule has 2 atom stereocenters. The zero-order valence-electron chi connectivity index (χ0n) is 15.0. The fourth-order valence-corrected chi connectivity index (χ4v) is 5.21. The van der Waals surface area contributed by atoms with Crippen LogP contribution >= 0.6 is 0 Å². The van der Waals surface area contributed by atoms with E-state index in [0.29, 0.717) is 10.7 Å². The van der Waals surface area contributed by atoms with Gasteiger partial charge < -0.3 is 9.47 Å². The van der Waals surface area contributed by atoms with Crippen molar-refractivity contribution in [2.24, 2.45) is 5.41 Å². The Morgan fingerprint density at radius 2 is 1.83 bits per heavy atom. The molecule has 0 bridgehead atoms. The number of hydrogen-bond acceptors (Lipinski definition) is 6. The molecule has 2 saturated heterocycles. The zero-order valence-corrected chi connectivity index (χ0v) is 15.8. The van der Waals surface area contributed by atoms with Gasteiger partial charge in [0, 0.05) is 6.54 Å². The summed E-state index contributed by atoms with van der Waals surface area (Å²) in [6, 6.07) is -1.84. The van der Waals surface area contributed by atoms with E-state index >= 15 is 0 Å². The Balaban J connectivity index is 2.44. The van der Waals surface area contributed by atoms with E-state index < -0.39 is 40.0 Å². The Kier molecular flexibility index (Phi) is 4.64. The monoisotopic (exact) mass is 362 g/mol. The molecular formula is C15H26N2O6S. The minimum absolute atomic E-state index is 0.105. The lowest BCUT2D eigenvalue weighted by molar-refractivity contribution is -0.148. The Labute approximate surface area is 143 Å². The lowest BCUT2D eigenvalue weighted by atomic mass is 9.88. The summed E-state index contributed by atoms with van der Waals surface area (Å²) in [5, 5.41) is 0. The Morgan fingerprint density at radius 3 is 2.33 bits per heavy atom. The number of esters is 1. The maximum atomic E-state index is 12.9. The summed E-state index contributed by atoms with van der Waals surface area (Å²) in [6.07, 6.45) is -0.581. The minimum atomic E-state index is -4.13. The lowest BCUT2D eigenvalue weighted by Crippen LogP contribution is -2.49. The molecule has 2 aliphatic heterocycles. The smallest absolute Gasteiger partial charge is 0.426 e. The first-order chi connectivity index (χ1) is 10.8. The molecule has 2 fully saturated rings. The number of amides is 1. The fourth-order valence-electron chi connectivity index (χ4n) is 3.20. The largest absolute Gasteiger partial charge is 0.464 e. The Bertz CT molecular complexity index is 637. The van der Waals surface area contributed by atoms with Gasteiger partial charge in [0.25, 0.3) is 0 Å². The normalized spacial score (nSPS) is 28.5. The van der Waals surface area contributed by atoms with E-state index in [0.717, 1.165) is 0 Å². The predicted octanol–water partition coefficient (Wildman–Crippen LogP) is 1.51. The standard InChI is InChI=1S/C15H26N2O6S/c1-7-22-12(18)11-10-8-15(5,6)9-16(10)24(20,21)17(11)13(19)23-14(2,3)4/h10-11H,7-9H2,1-6H3/t10-,11+/m0/s1. The highest BCUT2D eigenvalue weighted by molar-refractivity contribution is 7.87. The molecular weight excluding hydrogens is 336 g/mol. The van der Waals surface area contributed by atoms with Crippen molar-refractivity contribution in [1.29, 1.82) is 0 Å². The average molecular weight is 362 g/mol. The summed E-state index contributed by atoms with van der Waals surface area (Å²) in [5.41, 5.74) is -1.15. The van der Waals surface area contributed by atoms with Gasteiger partial charge in [0.1, 0.15) is 5.60 Å². The number of nitrogens with zero attached hydrogens (tertiary/aromatic N) is 2. The van der Waals surface area contributed by atoms with Crippen molar-refractivity contribution in [1.82, 2.24) is 8.61 Å². The minimum Gasteiger partial charge on any atom is -0.464 e. The van der Waals surface area contributed by atoms with Crippen LogP contribution in [0.1, 0.15) is 48.0 Å². The first kappa shape index (κ1) is 19.0. The van der Waals surface area contributed by atoms with E-state index in [1.165, 1.54) is 4.31 Å². The molecule has 0 aromatic heterocycles. The summed E-state index contributed by atoms with van der Waals surface area (Å²) < 4.78 is 37.7. The van der Waals surface area contributed by atoms with Crippen LogP contribution in [0.5, 0.6) is 0 Å². The molecule has 0 aromatic carbocycles. The van der Waals surface area contributed by atoms with E-state index in [4.69, 9.17) is 9.47 Å². The SMILES string of the molecule is CCOC(=O)[C@H]1[C@@H]2CC(C)(C)CN2S(=O)(=O)N1C(=O)OC(C)(C)C. The van der Waals surface area contributed by atoms with Gasteiger partial charge in [0.05, 0.1) is 12.6 Å². The van der Waals surface area contributed by atoms with Crippen molar-refractivity contribution in [2.45, 2.75) is 65.6 Å². The van der Waals surface area contributed by atoms with Gasteiger partial charge in [-0.2, -0.15) is 17.0 Å². The van der Waals surface area contributed by atoms with Crippen LogP contribution in [0.15, 0.2) is 0 Å². The molecule has 2 aliphatic rings. The summed E-state index contributed by atoms with van der Waals surface area (Å²) in [4.78, 5) is 24.9. The third-order valence-electron chi connectivity index (χ3n) is 3.98. The highest BCUT2D eigenvalue weighted by Gasteiger charge is 2.62. The van der Waals surface area contributed by atoms with Crippen molar-refractivity contribution in [3.63, 3.8) is 0 Å². The van der Waals surface area contributed by atoms with Gasteiger partial charge in [-0.05, 0) is 39.5 Å². The second-order valence-electron chi connectivity index (χ2n) is 7.96. The number of fused-ring (bicyclic) bond motifs is 1. The number of carbonyl (C=O) groups is 2. The van der Waals surface area contributed by atoms with Gasteiger partial charge in [-0.25, -0.2) is 9.59 Å². The number of carbonyl (C=O) groups excluding carboxylic acids is 2. The second kappa shape index (κ2) is 5.87.